The number of aryl methyl sites for hydroxylation is 3. The number of fused-ring (bicyclic) bond motifs is 3. The summed E-state index contributed by atoms with van der Waals surface area (Å²) in [7, 11) is -4.29. The van der Waals surface area contributed by atoms with Crippen LogP contribution in [-0.2, 0) is 29.5 Å². The van der Waals surface area contributed by atoms with Crippen molar-refractivity contribution in [3.63, 3.8) is 0 Å². The number of unbranched alkanes of at least 4 members (excludes halogenated alkanes) is 10. The van der Waals surface area contributed by atoms with Gasteiger partial charge >= 0.3 is 29.6 Å². The normalized spacial score (nSPS) is 12.7. The number of aromatic nitrogens is 1. The van der Waals surface area contributed by atoms with Crippen molar-refractivity contribution in [3.8, 4) is 0 Å². The van der Waals surface area contributed by atoms with Gasteiger partial charge in [0.25, 0.3) is 0 Å². The van der Waals surface area contributed by atoms with Gasteiger partial charge in [0, 0.05) is 33.6 Å². The Morgan fingerprint density at radius 2 is 1.13 bits per heavy atom. The summed E-state index contributed by atoms with van der Waals surface area (Å²) in [5, 5.41) is 1.54. The van der Waals surface area contributed by atoms with Gasteiger partial charge in [-0.1, -0.05) is 102 Å². The van der Waals surface area contributed by atoms with Gasteiger partial charge in [-0.05, 0) is 62.3 Å². The van der Waals surface area contributed by atoms with Gasteiger partial charge in [0.15, 0.2) is 0 Å². The van der Waals surface area contributed by atoms with E-state index in [-0.39, 0.29) is 29.6 Å². The minimum absolute atomic E-state index is 0. The Labute approximate surface area is 254 Å². The second-order valence-electron chi connectivity index (χ2n) is 11.0. The number of benzene rings is 2. The van der Waals surface area contributed by atoms with E-state index in [1.807, 2.05) is 0 Å². The fourth-order valence-corrected chi connectivity index (χ4v) is 5.81. The van der Waals surface area contributed by atoms with Crippen LogP contribution in [0.3, 0.4) is 0 Å². The zero-order valence-corrected chi connectivity index (χ0v) is 27.3. The molecule has 3 rings (SSSR count). The van der Waals surface area contributed by atoms with Crippen molar-refractivity contribution >= 4 is 31.9 Å². The Morgan fingerprint density at radius 3 is 1.55 bits per heavy atom. The van der Waals surface area contributed by atoms with Crippen molar-refractivity contribution < 1.29 is 42.5 Å². The molecule has 206 valence electrons. The van der Waals surface area contributed by atoms with E-state index in [4.69, 9.17) is 0 Å². The van der Waals surface area contributed by atoms with Crippen LogP contribution in [0.2, 0.25) is 0 Å². The van der Waals surface area contributed by atoms with Gasteiger partial charge in [0.1, 0.15) is 0 Å². The molecule has 0 saturated carbocycles. The third-order valence-corrected chi connectivity index (χ3v) is 9.11. The van der Waals surface area contributed by atoms with Crippen LogP contribution < -0.4 is 29.6 Å². The fraction of sp³-hybridized carbons (Fsp3) is 0.625. The average Bonchev–Trinajstić information content (AvgIpc) is 3.18. The van der Waals surface area contributed by atoms with Crippen LogP contribution in [0.4, 0.5) is 0 Å². The van der Waals surface area contributed by atoms with Crippen molar-refractivity contribution in [2.75, 3.05) is 0 Å². The summed E-state index contributed by atoms with van der Waals surface area (Å²) >= 11 is 0. The van der Waals surface area contributed by atoms with Gasteiger partial charge in [-0.15, -0.1) is 0 Å². The molecule has 0 saturated heterocycles. The van der Waals surface area contributed by atoms with Gasteiger partial charge < -0.3 is 9.12 Å². The van der Waals surface area contributed by atoms with Gasteiger partial charge in [-0.2, -0.15) is 0 Å². The van der Waals surface area contributed by atoms with Crippen LogP contribution in [-0.4, -0.2) is 22.8 Å². The molecule has 0 bridgehead atoms. The molecule has 0 radical (unpaired) electrons. The molecule has 0 fully saturated rings. The second-order valence-corrected chi connectivity index (χ2v) is 12.8. The first-order chi connectivity index (χ1) is 17.8. The number of hydrogen-bond donors (Lipinski definition) is 0. The molecule has 0 aliphatic rings. The first kappa shape index (κ1) is 33.4. The van der Waals surface area contributed by atoms with E-state index >= 15 is 0 Å². The number of rotatable bonds is 18. The van der Waals surface area contributed by atoms with Crippen molar-refractivity contribution in [2.45, 2.75) is 129 Å². The second kappa shape index (κ2) is 17.1. The Morgan fingerprint density at radius 1 is 0.711 bits per heavy atom. The summed E-state index contributed by atoms with van der Waals surface area (Å²) in [5.41, 5.74) is 4.99. The summed E-state index contributed by atoms with van der Waals surface area (Å²) in [6, 6.07) is 13.6. The predicted octanol–water partition coefficient (Wildman–Crippen LogP) is 5.93. The maximum atomic E-state index is 11.6. The summed E-state index contributed by atoms with van der Waals surface area (Å²) in [6.45, 7) is 6.56. The number of nitrogens with zero attached hydrogens (tertiary/aromatic N) is 1. The van der Waals surface area contributed by atoms with Gasteiger partial charge in [-0.25, -0.2) is 8.42 Å². The zero-order valence-electron chi connectivity index (χ0n) is 24.4. The molecule has 1 atom stereocenters. The molecular formula is C32H48NNaO3S. The van der Waals surface area contributed by atoms with Crippen molar-refractivity contribution in [2.24, 2.45) is 0 Å². The van der Waals surface area contributed by atoms with Gasteiger partial charge in [-0.3, -0.25) is 0 Å². The minimum atomic E-state index is -4.29. The maximum absolute atomic E-state index is 11.6. The van der Waals surface area contributed by atoms with Crippen LogP contribution in [0.1, 0.15) is 115 Å². The maximum Gasteiger partial charge on any atom is 1.00 e. The molecule has 0 spiro atoms. The standard InChI is InChI=1S/C32H49NO3S.Na/c1-4-6-8-10-12-14-16-27-18-20-29-30-21-19-28(17-15-13-11-9-7-5-2)25-32(30)33(31(29)24-27)23-22-26(3)37(34,35)36;/h18-21,24-26H,4-17,22-23H2,1-3H3,(H,34,35,36);/q;+1/p-1. The first-order valence-corrected chi connectivity index (χ1v) is 16.3. The number of hydrogen-bond acceptors (Lipinski definition) is 3. The molecule has 38 heavy (non-hydrogen) atoms. The molecule has 1 unspecified atom stereocenters. The molecule has 0 aliphatic heterocycles. The third kappa shape index (κ3) is 9.96. The van der Waals surface area contributed by atoms with Crippen LogP contribution >= 0.6 is 0 Å². The molecule has 0 aliphatic carbocycles. The average molecular weight is 550 g/mol. The van der Waals surface area contributed by atoms with Crippen LogP contribution in [0.5, 0.6) is 0 Å². The zero-order chi connectivity index (χ0) is 26.7. The van der Waals surface area contributed by atoms with E-state index in [0.717, 1.165) is 23.9 Å². The molecule has 1 aromatic heterocycles. The van der Waals surface area contributed by atoms with E-state index in [2.05, 4.69) is 54.8 Å². The third-order valence-electron chi connectivity index (χ3n) is 7.89. The first-order valence-electron chi connectivity index (χ1n) is 14.8. The summed E-state index contributed by atoms with van der Waals surface area (Å²) in [6.07, 6.45) is 17.8. The minimum Gasteiger partial charge on any atom is -0.748 e. The molecule has 1 heterocycles. The van der Waals surface area contributed by atoms with Gasteiger partial charge in [0.2, 0.25) is 0 Å². The summed E-state index contributed by atoms with van der Waals surface area (Å²) < 4.78 is 37.0. The Balaban J connectivity index is 0.00000507. The quantitative estimate of drug-likeness (QED) is 0.112. The summed E-state index contributed by atoms with van der Waals surface area (Å²) in [5.74, 6) is 0. The monoisotopic (exact) mass is 549 g/mol. The largest absolute Gasteiger partial charge is 1.00 e. The topological polar surface area (TPSA) is 62.1 Å². The van der Waals surface area contributed by atoms with Crippen LogP contribution in [0.25, 0.3) is 21.8 Å². The smallest absolute Gasteiger partial charge is 0.748 e. The van der Waals surface area contributed by atoms with Crippen molar-refractivity contribution in [1.29, 1.82) is 0 Å². The molecule has 6 heteroatoms. The SMILES string of the molecule is CCCCCCCCc1ccc2c3ccc(CCCCCCCC)cc3n(CCC(C)S(=O)(=O)[O-])c2c1.[Na+]. The summed E-state index contributed by atoms with van der Waals surface area (Å²) in [4.78, 5) is 0. The van der Waals surface area contributed by atoms with Gasteiger partial charge in [0.05, 0.1) is 10.1 Å². The molecule has 4 nitrogen and oxygen atoms in total. The van der Waals surface area contributed by atoms with E-state index in [1.165, 1.54) is 106 Å². The van der Waals surface area contributed by atoms with E-state index in [1.54, 1.807) is 0 Å². The molecule has 0 N–H and O–H groups in total. The fourth-order valence-electron chi connectivity index (χ4n) is 5.41. The van der Waals surface area contributed by atoms with Crippen LogP contribution in [0.15, 0.2) is 36.4 Å². The molecule has 0 amide bonds. The van der Waals surface area contributed by atoms with E-state index in [0.29, 0.717) is 13.0 Å². The van der Waals surface area contributed by atoms with Crippen LogP contribution in [0, 0.1) is 0 Å². The predicted molar refractivity (Wildman–Crippen MR) is 157 cm³/mol. The van der Waals surface area contributed by atoms with E-state index in [9.17, 15) is 13.0 Å². The molecule has 3 aromatic rings. The van der Waals surface area contributed by atoms with Crippen molar-refractivity contribution in [3.05, 3.63) is 47.5 Å². The molecular weight excluding hydrogens is 501 g/mol. The molecule has 2 aromatic carbocycles. The van der Waals surface area contributed by atoms with E-state index < -0.39 is 15.4 Å². The Bertz CT molecular complexity index is 1150. The Kier molecular flexibility index (Phi) is 15.0. The van der Waals surface area contributed by atoms with Crippen molar-refractivity contribution in [1.82, 2.24) is 4.57 Å². The Hall–Kier alpha value is -0.850.